The minimum absolute atomic E-state index is 0.248. The van der Waals surface area contributed by atoms with Gasteiger partial charge in [-0.2, -0.15) is 0 Å². The van der Waals surface area contributed by atoms with Gasteiger partial charge in [-0.25, -0.2) is 13.1 Å². The van der Waals surface area contributed by atoms with Crippen molar-refractivity contribution < 1.29 is 8.42 Å². The van der Waals surface area contributed by atoms with Crippen molar-refractivity contribution in [3.05, 3.63) is 0 Å². The third-order valence-corrected chi connectivity index (χ3v) is 5.00. The Labute approximate surface area is 106 Å². The summed E-state index contributed by atoms with van der Waals surface area (Å²) in [5, 5.41) is 0. The molecule has 1 saturated heterocycles. The zero-order chi connectivity index (χ0) is 12.9. The summed E-state index contributed by atoms with van der Waals surface area (Å²) in [7, 11) is -3.02. The Morgan fingerprint density at radius 3 is 2.35 bits per heavy atom. The molecule has 0 spiro atoms. The van der Waals surface area contributed by atoms with Crippen molar-refractivity contribution in [2.45, 2.75) is 46.1 Å². The third-order valence-electron chi connectivity index (χ3n) is 3.44. The Balaban J connectivity index is 2.27. The lowest BCUT2D eigenvalue weighted by atomic mass is 9.96. The van der Waals surface area contributed by atoms with Gasteiger partial charge in [0.05, 0.1) is 5.75 Å². The summed E-state index contributed by atoms with van der Waals surface area (Å²) in [5.74, 6) is 0.759. The molecule has 0 aromatic rings. The van der Waals surface area contributed by atoms with E-state index in [2.05, 4.69) is 23.5 Å². The Morgan fingerprint density at radius 1 is 1.29 bits per heavy atom. The van der Waals surface area contributed by atoms with Crippen molar-refractivity contribution in [2.24, 2.45) is 5.92 Å². The van der Waals surface area contributed by atoms with E-state index in [1.165, 1.54) is 0 Å². The molecule has 0 atom stereocenters. The highest BCUT2D eigenvalue weighted by Gasteiger charge is 2.21. The van der Waals surface area contributed by atoms with E-state index in [1.54, 1.807) is 0 Å². The molecular formula is C12H26N2O2S. The van der Waals surface area contributed by atoms with Crippen LogP contribution in [-0.4, -0.2) is 44.7 Å². The van der Waals surface area contributed by atoms with Gasteiger partial charge in [-0.05, 0) is 52.1 Å². The fraction of sp³-hybridized carbons (Fsp3) is 1.00. The lowest BCUT2D eigenvalue weighted by Crippen LogP contribution is -2.41. The molecule has 102 valence electrons. The SMILES string of the molecule is CCCS(=O)(=O)NCC1CCN(C(C)C)CC1. The molecule has 1 rings (SSSR count). The van der Waals surface area contributed by atoms with Crippen molar-refractivity contribution >= 4 is 10.0 Å². The van der Waals surface area contributed by atoms with E-state index in [1.807, 2.05) is 6.92 Å². The van der Waals surface area contributed by atoms with Gasteiger partial charge in [0, 0.05) is 12.6 Å². The summed E-state index contributed by atoms with van der Waals surface area (Å²) in [6, 6.07) is 0.604. The molecule has 5 heteroatoms. The van der Waals surface area contributed by atoms with E-state index in [9.17, 15) is 8.42 Å². The van der Waals surface area contributed by atoms with Crippen LogP contribution in [0.5, 0.6) is 0 Å². The minimum atomic E-state index is -3.02. The Morgan fingerprint density at radius 2 is 1.88 bits per heavy atom. The van der Waals surface area contributed by atoms with Gasteiger partial charge < -0.3 is 4.90 Å². The summed E-state index contributed by atoms with van der Waals surface area (Å²) in [5.41, 5.74) is 0. The maximum absolute atomic E-state index is 11.5. The van der Waals surface area contributed by atoms with E-state index >= 15 is 0 Å². The van der Waals surface area contributed by atoms with Gasteiger partial charge in [-0.15, -0.1) is 0 Å². The van der Waals surface area contributed by atoms with Gasteiger partial charge in [0.15, 0.2) is 0 Å². The smallest absolute Gasteiger partial charge is 0.211 e. The van der Waals surface area contributed by atoms with Crippen LogP contribution in [-0.2, 0) is 10.0 Å². The van der Waals surface area contributed by atoms with Crippen LogP contribution < -0.4 is 4.72 Å². The van der Waals surface area contributed by atoms with Crippen molar-refractivity contribution in [1.29, 1.82) is 0 Å². The standard InChI is InChI=1S/C12H26N2O2S/c1-4-9-17(15,16)13-10-12-5-7-14(8-6-12)11(2)3/h11-13H,4-10H2,1-3H3. The van der Waals surface area contributed by atoms with Crippen LogP contribution in [0, 0.1) is 5.92 Å². The first-order valence-electron chi connectivity index (χ1n) is 6.66. The highest BCUT2D eigenvalue weighted by atomic mass is 32.2. The first-order chi connectivity index (χ1) is 7.94. The zero-order valence-corrected chi connectivity index (χ0v) is 12.1. The minimum Gasteiger partial charge on any atom is -0.301 e. The zero-order valence-electron chi connectivity index (χ0n) is 11.3. The summed E-state index contributed by atoms with van der Waals surface area (Å²) in [4.78, 5) is 2.46. The van der Waals surface area contributed by atoms with E-state index < -0.39 is 10.0 Å². The molecular weight excluding hydrogens is 236 g/mol. The number of nitrogens with zero attached hydrogens (tertiary/aromatic N) is 1. The molecule has 0 radical (unpaired) electrons. The van der Waals surface area contributed by atoms with Crippen LogP contribution in [0.15, 0.2) is 0 Å². The number of piperidine rings is 1. The molecule has 0 aromatic heterocycles. The molecule has 0 bridgehead atoms. The van der Waals surface area contributed by atoms with Crippen LogP contribution >= 0.6 is 0 Å². The van der Waals surface area contributed by atoms with Gasteiger partial charge in [-0.3, -0.25) is 0 Å². The second kappa shape index (κ2) is 6.71. The first kappa shape index (κ1) is 14.9. The highest BCUT2D eigenvalue weighted by Crippen LogP contribution is 2.18. The fourth-order valence-electron chi connectivity index (χ4n) is 2.26. The Hall–Kier alpha value is -0.130. The van der Waals surface area contributed by atoms with E-state index in [0.717, 1.165) is 25.9 Å². The second-order valence-electron chi connectivity index (χ2n) is 5.24. The Bertz CT molecular complexity index is 306. The quantitative estimate of drug-likeness (QED) is 0.788. The van der Waals surface area contributed by atoms with Gasteiger partial charge in [0.2, 0.25) is 10.0 Å². The number of nitrogens with one attached hydrogen (secondary N) is 1. The van der Waals surface area contributed by atoms with Crippen LogP contribution in [0.25, 0.3) is 0 Å². The fourth-order valence-corrected chi connectivity index (χ4v) is 3.43. The highest BCUT2D eigenvalue weighted by molar-refractivity contribution is 7.89. The predicted molar refractivity (Wildman–Crippen MR) is 71.5 cm³/mol. The van der Waals surface area contributed by atoms with Crippen LogP contribution in [0.3, 0.4) is 0 Å². The lowest BCUT2D eigenvalue weighted by Gasteiger charge is -2.34. The lowest BCUT2D eigenvalue weighted by molar-refractivity contribution is 0.151. The summed E-state index contributed by atoms with van der Waals surface area (Å²) in [6.45, 7) is 9.12. The van der Waals surface area contributed by atoms with Crippen molar-refractivity contribution in [3.8, 4) is 0 Å². The number of sulfonamides is 1. The number of hydrogen-bond acceptors (Lipinski definition) is 3. The Kier molecular flexibility index (Phi) is 5.89. The largest absolute Gasteiger partial charge is 0.301 e. The molecule has 0 unspecified atom stereocenters. The van der Waals surface area contributed by atoms with Gasteiger partial charge in [0.1, 0.15) is 0 Å². The van der Waals surface area contributed by atoms with E-state index in [-0.39, 0.29) is 5.75 Å². The van der Waals surface area contributed by atoms with Crippen LogP contribution in [0.4, 0.5) is 0 Å². The molecule has 1 N–H and O–H groups in total. The predicted octanol–water partition coefficient (Wildman–Crippen LogP) is 1.44. The average molecular weight is 262 g/mol. The van der Waals surface area contributed by atoms with Crippen LogP contribution in [0.2, 0.25) is 0 Å². The topological polar surface area (TPSA) is 49.4 Å². The average Bonchev–Trinajstić information content (AvgIpc) is 2.27. The summed E-state index contributed by atoms with van der Waals surface area (Å²) < 4.78 is 25.8. The molecule has 1 aliphatic heterocycles. The third kappa shape index (κ3) is 5.36. The second-order valence-corrected chi connectivity index (χ2v) is 7.17. The first-order valence-corrected chi connectivity index (χ1v) is 8.31. The van der Waals surface area contributed by atoms with Crippen LogP contribution in [0.1, 0.15) is 40.0 Å². The van der Waals surface area contributed by atoms with E-state index in [0.29, 0.717) is 24.9 Å². The molecule has 4 nitrogen and oxygen atoms in total. The molecule has 0 aliphatic carbocycles. The van der Waals surface area contributed by atoms with Crippen molar-refractivity contribution in [1.82, 2.24) is 9.62 Å². The number of hydrogen-bond donors (Lipinski definition) is 1. The molecule has 1 aliphatic rings. The van der Waals surface area contributed by atoms with Gasteiger partial charge in [-0.1, -0.05) is 6.92 Å². The maximum atomic E-state index is 11.5. The van der Waals surface area contributed by atoms with Crippen molar-refractivity contribution in [3.63, 3.8) is 0 Å². The summed E-state index contributed by atoms with van der Waals surface area (Å²) >= 11 is 0. The van der Waals surface area contributed by atoms with Gasteiger partial charge in [0.25, 0.3) is 0 Å². The summed E-state index contributed by atoms with van der Waals surface area (Å²) in [6.07, 6.45) is 2.89. The number of rotatable bonds is 6. The maximum Gasteiger partial charge on any atom is 0.211 e. The number of likely N-dealkylation sites (tertiary alicyclic amines) is 1. The monoisotopic (exact) mass is 262 g/mol. The normalized spacial score (nSPS) is 20.0. The molecule has 0 saturated carbocycles. The van der Waals surface area contributed by atoms with E-state index in [4.69, 9.17) is 0 Å². The molecule has 17 heavy (non-hydrogen) atoms. The molecule has 1 fully saturated rings. The van der Waals surface area contributed by atoms with Crippen molar-refractivity contribution in [2.75, 3.05) is 25.4 Å². The molecule has 0 amide bonds. The molecule has 0 aromatic carbocycles. The van der Waals surface area contributed by atoms with Gasteiger partial charge >= 0.3 is 0 Å². The molecule has 1 heterocycles.